The molecule has 0 saturated heterocycles. The number of allylic oxidation sites excluding steroid dienone is 2. The van der Waals surface area contributed by atoms with E-state index < -0.39 is 11.9 Å². The van der Waals surface area contributed by atoms with Crippen molar-refractivity contribution in [1.29, 1.82) is 0 Å². The lowest BCUT2D eigenvalue weighted by Crippen LogP contribution is -2.03. The Balaban J connectivity index is 4.41. The van der Waals surface area contributed by atoms with E-state index >= 15 is 0 Å². The summed E-state index contributed by atoms with van der Waals surface area (Å²) in [7, 11) is 0. The first kappa shape index (κ1) is 9.11. The van der Waals surface area contributed by atoms with Crippen LogP contribution in [0.1, 0.15) is 6.92 Å². The van der Waals surface area contributed by atoms with Crippen LogP contribution in [0.25, 0.3) is 0 Å². The molecule has 1 atom stereocenters. The Morgan fingerprint density at radius 1 is 1.70 bits per heavy atom. The van der Waals surface area contributed by atoms with Crippen molar-refractivity contribution in [3.63, 3.8) is 0 Å². The Bertz CT molecular complexity index is 168. The second-order valence-electron chi connectivity index (χ2n) is 1.94. The number of hydrogen-bond acceptors (Lipinski definition) is 1. The minimum atomic E-state index is -0.824. The maximum absolute atomic E-state index is 12.3. The van der Waals surface area contributed by atoms with E-state index in [1.54, 1.807) is 0 Å². The highest BCUT2D eigenvalue weighted by Gasteiger charge is 2.06. The standard InChI is InChI=1S/C8H11FO/c1-4-5-8(6(2)9)7(3)10/h4-5,7,10H,1-2H2,3H3/b8-5+. The van der Waals surface area contributed by atoms with Gasteiger partial charge in [-0.1, -0.05) is 25.3 Å². The summed E-state index contributed by atoms with van der Waals surface area (Å²) in [6.45, 7) is 7.89. The predicted octanol–water partition coefficient (Wildman–Crippen LogP) is 1.96. The molecule has 0 spiro atoms. The highest BCUT2D eigenvalue weighted by Crippen LogP contribution is 2.12. The van der Waals surface area contributed by atoms with Crippen molar-refractivity contribution >= 4 is 0 Å². The summed E-state index contributed by atoms with van der Waals surface area (Å²) in [5.74, 6) is -0.616. The molecule has 0 aliphatic rings. The zero-order chi connectivity index (χ0) is 8.15. The van der Waals surface area contributed by atoms with Crippen LogP contribution in [0.5, 0.6) is 0 Å². The monoisotopic (exact) mass is 142 g/mol. The number of aliphatic hydroxyl groups is 1. The number of aliphatic hydroxyl groups excluding tert-OH is 1. The molecule has 0 bridgehead atoms. The normalized spacial score (nSPS) is 14.5. The molecule has 1 nitrogen and oxygen atoms in total. The molecule has 0 aliphatic heterocycles. The van der Waals surface area contributed by atoms with Crippen molar-refractivity contribution in [3.05, 3.63) is 36.7 Å². The zero-order valence-electron chi connectivity index (χ0n) is 5.97. The Morgan fingerprint density at radius 3 is 2.30 bits per heavy atom. The molecule has 0 saturated carbocycles. The number of rotatable bonds is 3. The van der Waals surface area contributed by atoms with Gasteiger partial charge in [-0.3, -0.25) is 0 Å². The van der Waals surface area contributed by atoms with Gasteiger partial charge in [0.25, 0.3) is 0 Å². The first-order chi connectivity index (χ1) is 4.59. The van der Waals surface area contributed by atoms with Gasteiger partial charge in [0.15, 0.2) is 0 Å². The average molecular weight is 142 g/mol. The van der Waals surface area contributed by atoms with E-state index in [1.165, 1.54) is 19.1 Å². The van der Waals surface area contributed by atoms with Crippen LogP contribution in [-0.2, 0) is 0 Å². The Kier molecular flexibility index (Phi) is 3.65. The lowest BCUT2D eigenvalue weighted by molar-refractivity contribution is 0.229. The maximum atomic E-state index is 12.3. The van der Waals surface area contributed by atoms with Gasteiger partial charge in [0.05, 0.1) is 6.10 Å². The quantitative estimate of drug-likeness (QED) is 0.597. The van der Waals surface area contributed by atoms with Gasteiger partial charge < -0.3 is 5.11 Å². The van der Waals surface area contributed by atoms with E-state index in [0.717, 1.165) is 0 Å². The van der Waals surface area contributed by atoms with E-state index in [0.29, 0.717) is 0 Å². The molecule has 0 aliphatic carbocycles. The predicted molar refractivity (Wildman–Crippen MR) is 40.2 cm³/mol. The van der Waals surface area contributed by atoms with Crippen LogP contribution in [0.15, 0.2) is 36.7 Å². The Hall–Kier alpha value is -0.890. The van der Waals surface area contributed by atoms with Crippen LogP contribution >= 0.6 is 0 Å². The third-order valence-corrected chi connectivity index (χ3v) is 1.06. The first-order valence-corrected chi connectivity index (χ1v) is 2.95. The summed E-state index contributed by atoms with van der Waals surface area (Å²) < 4.78 is 12.3. The first-order valence-electron chi connectivity index (χ1n) is 2.95. The minimum absolute atomic E-state index is 0.176. The van der Waals surface area contributed by atoms with E-state index in [2.05, 4.69) is 13.2 Å². The fourth-order valence-electron chi connectivity index (χ4n) is 0.583. The molecule has 0 amide bonds. The van der Waals surface area contributed by atoms with E-state index in [4.69, 9.17) is 5.11 Å². The number of halogens is 1. The lowest BCUT2D eigenvalue weighted by Gasteiger charge is -2.04. The minimum Gasteiger partial charge on any atom is -0.389 e. The topological polar surface area (TPSA) is 20.2 Å². The van der Waals surface area contributed by atoms with Crippen LogP contribution in [0.3, 0.4) is 0 Å². The maximum Gasteiger partial charge on any atom is 0.121 e. The second-order valence-corrected chi connectivity index (χ2v) is 1.94. The van der Waals surface area contributed by atoms with Gasteiger partial charge in [-0.2, -0.15) is 0 Å². The molecule has 1 N–H and O–H groups in total. The molecule has 56 valence electrons. The zero-order valence-corrected chi connectivity index (χ0v) is 5.97. The summed E-state index contributed by atoms with van der Waals surface area (Å²) in [4.78, 5) is 0. The molecule has 0 heterocycles. The van der Waals surface area contributed by atoms with E-state index in [1.807, 2.05) is 0 Å². The van der Waals surface area contributed by atoms with Crippen LogP contribution in [-0.4, -0.2) is 11.2 Å². The van der Waals surface area contributed by atoms with E-state index in [-0.39, 0.29) is 5.57 Å². The molecule has 10 heavy (non-hydrogen) atoms. The molecular formula is C8H11FO. The summed E-state index contributed by atoms with van der Waals surface area (Å²) >= 11 is 0. The van der Waals surface area contributed by atoms with Crippen LogP contribution < -0.4 is 0 Å². The van der Waals surface area contributed by atoms with E-state index in [9.17, 15) is 4.39 Å². The van der Waals surface area contributed by atoms with Crippen molar-refractivity contribution < 1.29 is 9.50 Å². The number of hydrogen-bond donors (Lipinski definition) is 1. The average Bonchev–Trinajstić information content (AvgIpc) is 1.81. The molecule has 0 aromatic carbocycles. The molecular weight excluding hydrogens is 131 g/mol. The molecule has 0 aromatic heterocycles. The molecule has 0 fully saturated rings. The van der Waals surface area contributed by atoms with Gasteiger partial charge in [0.2, 0.25) is 0 Å². The van der Waals surface area contributed by atoms with Crippen LogP contribution in [0.2, 0.25) is 0 Å². The van der Waals surface area contributed by atoms with Crippen molar-refractivity contribution in [2.24, 2.45) is 0 Å². The molecule has 2 heteroatoms. The molecule has 0 radical (unpaired) electrons. The van der Waals surface area contributed by atoms with Crippen molar-refractivity contribution in [2.75, 3.05) is 0 Å². The molecule has 0 aromatic rings. The smallest absolute Gasteiger partial charge is 0.121 e. The van der Waals surface area contributed by atoms with Crippen molar-refractivity contribution in [1.82, 2.24) is 0 Å². The summed E-state index contributed by atoms with van der Waals surface area (Å²) in [5, 5.41) is 8.90. The summed E-state index contributed by atoms with van der Waals surface area (Å²) in [6.07, 6.45) is 1.98. The van der Waals surface area contributed by atoms with Crippen molar-refractivity contribution in [2.45, 2.75) is 13.0 Å². The summed E-state index contributed by atoms with van der Waals surface area (Å²) in [6, 6.07) is 0. The van der Waals surface area contributed by atoms with Gasteiger partial charge in [-0.15, -0.1) is 0 Å². The van der Waals surface area contributed by atoms with Gasteiger partial charge in [0, 0.05) is 5.57 Å². The van der Waals surface area contributed by atoms with Gasteiger partial charge in [0.1, 0.15) is 5.83 Å². The Morgan fingerprint density at radius 2 is 2.20 bits per heavy atom. The highest BCUT2D eigenvalue weighted by molar-refractivity contribution is 5.29. The van der Waals surface area contributed by atoms with Crippen LogP contribution in [0, 0.1) is 0 Å². The van der Waals surface area contributed by atoms with Gasteiger partial charge in [-0.25, -0.2) is 4.39 Å². The van der Waals surface area contributed by atoms with Gasteiger partial charge >= 0.3 is 0 Å². The second kappa shape index (κ2) is 4.01. The fourth-order valence-corrected chi connectivity index (χ4v) is 0.583. The van der Waals surface area contributed by atoms with Crippen LogP contribution in [0.4, 0.5) is 4.39 Å². The SMILES string of the molecule is C=C/C=C(\C(=C)F)C(C)O. The highest BCUT2D eigenvalue weighted by atomic mass is 19.1. The van der Waals surface area contributed by atoms with Crippen molar-refractivity contribution in [3.8, 4) is 0 Å². The fraction of sp³-hybridized carbons (Fsp3) is 0.250. The molecule has 1 unspecified atom stereocenters. The van der Waals surface area contributed by atoms with Gasteiger partial charge in [-0.05, 0) is 6.92 Å². The summed E-state index contributed by atoms with van der Waals surface area (Å²) in [5.41, 5.74) is 0.176. The molecule has 0 rings (SSSR count). The Labute approximate surface area is 60.2 Å². The third kappa shape index (κ3) is 2.60. The largest absolute Gasteiger partial charge is 0.389 e. The third-order valence-electron chi connectivity index (χ3n) is 1.06. The lowest BCUT2D eigenvalue weighted by atomic mass is 10.1.